The monoisotopic (exact) mass is 945 g/mol. The third kappa shape index (κ3) is 7.91. The van der Waals surface area contributed by atoms with Gasteiger partial charge >= 0.3 is 5.97 Å². The number of aromatic hydroxyl groups is 1. The molecule has 5 N–H and O–H groups in total. The van der Waals surface area contributed by atoms with Crippen LogP contribution in [0, 0.1) is 3.57 Å². The number of phenolic OH excluding ortho intramolecular Hbond substituents is 1. The molecule has 10 heteroatoms. The molecule has 0 fully saturated rings. The smallest absolute Gasteiger partial charge is 0.326 e. The summed E-state index contributed by atoms with van der Waals surface area (Å²) in [5.74, 6) is -1.57. The molecule has 5 aromatic carbocycles. The Hall–Kier alpha value is -7.83. The number of nitrogens with zero attached hydrogens (tertiary/aromatic N) is 2. The van der Waals surface area contributed by atoms with Gasteiger partial charge in [0.25, 0.3) is 5.91 Å². The summed E-state index contributed by atoms with van der Waals surface area (Å²) in [6.07, 6.45) is 8.26. The molecule has 10 rings (SSSR count). The van der Waals surface area contributed by atoms with Crippen molar-refractivity contribution in [2.45, 2.75) is 12.5 Å². The molecule has 8 bridgehead atoms. The average Bonchev–Trinajstić information content (AvgIpc) is 4.17. The molecule has 0 unspecified atom stereocenters. The molecule has 2 aliphatic heterocycles. The van der Waals surface area contributed by atoms with Crippen molar-refractivity contribution >= 4 is 80.8 Å². The Balaban J connectivity index is 1.18. The number of nitrogens with one attached hydrogen (secondary N) is 3. The van der Waals surface area contributed by atoms with Gasteiger partial charge in [-0.15, -0.1) is 0 Å². The highest BCUT2D eigenvalue weighted by molar-refractivity contribution is 14.1. The Morgan fingerprint density at radius 3 is 1.30 bits per heavy atom. The van der Waals surface area contributed by atoms with E-state index in [9.17, 15) is 19.8 Å². The topological polar surface area (TPSA) is 144 Å². The SMILES string of the molecule is O=C(N[C@@H](Cc1ccc(O)c([125I])c1)C(=O)O)c1ccc(-c2c3nc(c(-c4ccccc4)c4ccc([nH]4)c(-c4ccccc4)c4nc(c(-c5ccccc5)c5ccc2[nH]5)C=C4)C=C3)cc1. The third-order valence-electron chi connectivity index (χ3n) is 11.4. The maximum Gasteiger partial charge on any atom is 0.326 e. The number of fused-ring (bicyclic) bond motifs is 8. The van der Waals surface area contributed by atoms with Crippen LogP contribution in [0.15, 0.2) is 158 Å². The number of carbonyl (C=O) groups is 2. The van der Waals surface area contributed by atoms with Gasteiger partial charge in [-0.3, -0.25) is 4.79 Å². The van der Waals surface area contributed by atoms with E-state index < -0.39 is 17.9 Å². The van der Waals surface area contributed by atoms with Crippen LogP contribution < -0.4 is 5.32 Å². The number of phenols is 1. The molecule has 1 amide bonds. The van der Waals surface area contributed by atoms with Crippen LogP contribution in [-0.2, 0) is 11.2 Å². The number of aromatic amines is 2. The molecule has 5 heterocycles. The third-order valence-corrected chi connectivity index (χ3v) is 12.3. The lowest BCUT2D eigenvalue weighted by Crippen LogP contribution is -2.42. The minimum Gasteiger partial charge on any atom is -0.507 e. The summed E-state index contributed by atoms with van der Waals surface area (Å²) >= 11 is 1.99. The Morgan fingerprint density at radius 1 is 0.531 bits per heavy atom. The van der Waals surface area contributed by atoms with Gasteiger partial charge in [-0.1, -0.05) is 109 Å². The first-order valence-corrected chi connectivity index (χ1v) is 21.8. The summed E-state index contributed by atoms with van der Waals surface area (Å²) < 4.78 is 0.595. The minimum atomic E-state index is -1.18. The van der Waals surface area contributed by atoms with E-state index >= 15 is 0 Å². The molecule has 0 spiro atoms. The first kappa shape index (κ1) is 40.3. The summed E-state index contributed by atoms with van der Waals surface area (Å²) in [5.41, 5.74) is 15.1. The van der Waals surface area contributed by atoms with Gasteiger partial charge in [0.2, 0.25) is 0 Å². The molecule has 2 aliphatic rings. The van der Waals surface area contributed by atoms with Gasteiger partial charge in [-0.25, -0.2) is 14.8 Å². The fourth-order valence-corrected chi connectivity index (χ4v) is 8.96. The second-order valence-corrected chi connectivity index (χ2v) is 16.7. The second-order valence-electron chi connectivity index (χ2n) is 15.5. The van der Waals surface area contributed by atoms with E-state index in [2.05, 4.69) is 82.0 Å². The number of hydrogen-bond acceptors (Lipinski definition) is 5. The van der Waals surface area contributed by atoms with Gasteiger partial charge in [-0.2, -0.15) is 0 Å². The number of aromatic nitrogens is 4. The number of carboxylic acid groups (broad SMARTS) is 1. The molecule has 0 saturated carbocycles. The molecular formula is C54H38IN5O4. The molecule has 0 saturated heterocycles. The molecular weight excluding hydrogens is 908 g/mol. The van der Waals surface area contributed by atoms with Crippen molar-refractivity contribution in [2.75, 3.05) is 0 Å². The van der Waals surface area contributed by atoms with Crippen molar-refractivity contribution in [3.8, 4) is 50.3 Å². The van der Waals surface area contributed by atoms with Gasteiger partial charge < -0.3 is 25.5 Å². The number of rotatable bonds is 9. The Labute approximate surface area is 381 Å². The maximum absolute atomic E-state index is 13.6. The quantitative estimate of drug-likeness (QED) is 0.0912. The second kappa shape index (κ2) is 17.1. The fourth-order valence-electron chi connectivity index (χ4n) is 8.38. The highest BCUT2D eigenvalue weighted by Crippen LogP contribution is 2.38. The zero-order chi connectivity index (χ0) is 43.7. The van der Waals surface area contributed by atoms with Crippen molar-refractivity contribution < 1.29 is 19.8 Å². The van der Waals surface area contributed by atoms with Crippen LogP contribution in [0.1, 0.15) is 38.7 Å². The summed E-state index contributed by atoms with van der Waals surface area (Å²) in [5, 5.41) is 22.7. The predicted molar refractivity (Wildman–Crippen MR) is 264 cm³/mol. The van der Waals surface area contributed by atoms with Gasteiger partial charge in [0, 0.05) is 56.3 Å². The lowest BCUT2D eigenvalue weighted by atomic mass is 10.0. The van der Waals surface area contributed by atoms with E-state index in [-0.39, 0.29) is 12.2 Å². The number of H-pyrrole nitrogens is 2. The van der Waals surface area contributed by atoms with Crippen LogP contribution in [0.4, 0.5) is 0 Å². The Kier molecular flexibility index (Phi) is 10.8. The number of carboxylic acids is 1. The van der Waals surface area contributed by atoms with Crippen LogP contribution in [0.5, 0.6) is 5.75 Å². The maximum atomic E-state index is 13.6. The number of benzene rings is 5. The van der Waals surface area contributed by atoms with Crippen LogP contribution in [-0.4, -0.2) is 48.1 Å². The summed E-state index contributed by atoms with van der Waals surface area (Å²) in [6, 6.07) is 49.9. The van der Waals surface area contributed by atoms with Crippen molar-refractivity contribution in [3.63, 3.8) is 0 Å². The largest absolute Gasteiger partial charge is 0.507 e. The highest BCUT2D eigenvalue weighted by Gasteiger charge is 2.23. The number of amides is 1. The minimum absolute atomic E-state index is 0.0509. The van der Waals surface area contributed by atoms with E-state index in [0.717, 1.165) is 83.7 Å². The molecule has 8 aromatic rings. The number of halogens is 1. The zero-order valence-corrected chi connectivity index (χ0v) is 36.2. The number of aliphatic carboxylic acids is 1. The molecule has 64 heavy (non-hydrogen) atoms. The van der Waals surface area contributed by atoms with Crippen molar-refractivity contribution in [1.29, 1.82) is 0 Å². The van der Waals surface area contributed by atoms with Crippen molar-refractivity contribution in [3.05, 3.63) is 195 Å². The first-order chi connectivity index (χ1) is 31.3. The van der Waals surface area contributed by atoms with Crippen LogP contribution in [0.2, 0.25) is 0 Å². The predicted octanol–water partition coefficient (Wildman–Crippen LogP) is 12.1. The van der Waals surface area contributed by atoms with E-state index in [1.165, 1.54) is 6.07 Å². The lowest BCUT2D eigenvalue weighted by molar-refractivity contribution is -0.139. The lowest BCUT2D eigenvalue weighted by Gasteiger charge is -2.15. The van der Waals surface area contributed by atoms with E-state index in [1.807, 2.05) is 108 Å². The molecule has 0 aliphatic carbocycles. The van der Waals surface area contributed by atoms with Crippen LogP contribution in [0.3, 0.4) is 0 Å². The van der Waals surface area contributed by atoms with Crippen LogP contribution in [0.25, 0.3) is 90.9 Å². The van der Waals surface area contributed by atoms with Gasteiger partial charge in [0.15, 0.2) is 0 Å². The standard InChI is InChI=1S/C54H38IN5O4/c55-38-30-32(16-29-48(38)61)31-47(54(63)64)60-53(62)37-19-17-36(18-20-37)52-45-27-25-43(58-45)50(34-12-6-2-7-13-34)41-23-21-39(56-41)49(33-10-4-1-5-11-33)40-22-24-42(57-40)51(35-14-8-3-9-15-35)44-26-28-46(52)59-44/h1-30,47,56,59,61H,31H2,(H,60,62)(H,63,64)/t47-/m0/s1/i55-2. The fraction of sp³-hybridized carbons (Fsp3) is 0.0370. The average molecular weight is 946 g/mol. The molecule has 0 radical (unpaired) electrons. The van der Waals surface area contributed by atoms with Crippen molar-refractivity contribution in [1.82, 2.24) is 25.3 Å². The number of hydrogen-bond donors (Lipinski definition) is 5. The number of carbonyl (C=O) groups excluding carboxylic acids is 1. The normalized spacial score (nSPS) is 12.3. The summed E-state index contributed by atoms with van der Waals surface area (Å²) in [6.45, 7) is 0. The summed E-state index contributed by atoms with van der Waals surface area (Å²) in [7, 11) is 0. The van der Waals surface area contributed by atoms with Gasteiger partial charge in [-0.05, 0) is 123 Å². The molecule has 3 aromatic heterocycles. The Bertz CT molecular complexity index is 3300. The first-order valence-electron chi connectivity index (χ1n) is 20.7. The van der Waals surface area contributed by atoms with E-state index in [1.54, 1.807) is 24.3 Å². The van der Waals surface area contributed by atoms with E-state index in [4.69, 9.17) is 9.97 Å². The molecule has 310 valence electrons. The summed E-state index contributed by atoms with van der Waals surface area (Å²) in [4.78, 5) is 44.2. The van der Waals surface area contributed by atoms with Crippen LogP contribution >= 0.6 is 22.6 Å². The highest BCUT2D eigenvalue weighted by atomic mass is 125. The van der Waals surface area contributed by atoms with Gasteiger partial charge in [0.05, 0.1) is 26.3 Å². The van der Waals surface area contributed by atoms with Crippen molar-refractivity contribution in [2.24, 2.45) is 0 Å². The Morgan fingerprint density at radius 2 is 0.922 bits per heavy atom. The molecule has 1 atom stereocenters. The van der Waals surface area contributed by atoms with Gasteiger partial charge in [0.1, 0.15) is 11.8 Å². The molecule has 9 nitrogen and oxygen atoms in total. The zero-order valence-electron chi connectivity index (χ0n) is 34.1. The van der Waals surface area contributed by atoms with E-state index in [0.29, 0.717) is 20.4 Å².